The number of nitrogens with one attached hydrogen (secondary N) is 1. The van der Waals surface area contributed by atoms with Crippen molar-refractivity contribution < 1.29 is 4.74 Å². The number of para-hydroxylation sites is 1. The third-order valence-corrected chi connectivity index (χ3v) is 3.36. The Kier molecular flexibility index (Phi) is 4.34. The molecule has 0 bridgehead atoms. The molecule has 0 aliphatic rings. The van der Waals surface area contributed by atoms with E-state index < -0.39 is 0 Å². The second-order valence-corrected chi connectivity index (χ2v) is 5.07. The maximum absolute atomic E-state index is 5.85. The van der Waals surface area contributed by atoms with Crippen molar-refractivity contribution in [3.8, 4) is 11.6 Å². The Morgan fingerprint density at radius 1 is 1.26 bits per heavy atom. The smallest absolute Gasteiger partial charge is 0.238 e. The maximum atomic E-state index is 5.85. The number of halogens is 1. The fourth-order valence-corrected chi connectivity index (χ4v) is 2.08. The van der Waals surface area contributed by atoms with Crippen molar-refractivity contribution in [2.45, 2.75) is 19.8 Å². The van der Waals surface area contributed by atoms with E-state index in [1.165, 1.54) is 6.33 Å². The number of ether oxygens (including phenoxy) is 1. The van der Waals surface area contributed by atoms with Gasteiger partial charge in [0, 0.05) is 0 Å². The molecule has 0 fully saturated rings. The molecule has 19 heavy (non-hydrogen) atoms. The summed E-state index contributed by atoms with van der Waals surface area (Å²) in [5, 5.41) is 0. The fourth-order valence-electron chi connectivity index (χ4n) is 1.68. The summed E-state index contributed by atoms with van der Waals surface area (Å²) < 4.78 is 6.44. The highest BCUT2D eigenvalue weighted by atomic mass is 79.9. The average Bonchev–Trinajstić information content (AvgIpc) is 2.41. The minimum Gasteiger partial charge on any atom is -0.437 e. The summed E-state index contributed by atoms with van der Waals surface area (Å²) in [6, 6.07) is 7.87. The lowest BCUT2D eigenvalue weighted by Crippen LogP contribution is -2.10. The van der Waals surface area contributed by atoms with E-state index in [-0.39, 0.29) is 0 Å². The molecule has 0 unspecified atom stereocenters. The van der Waals surface area contributed by atoms with Crippen molar-refractivity contribution in [2.75, 3.05) is 5.43 Å². The molecular formula is C13H15BrN4O. The van der Waals surface area contributed by atoms with Gasteiger partial charge in [0.15, 0.2) is 5.82 Å². The first-order valence-electron chi connectivity index (χ1n) is 5.87. The van der Waals surface area contributed by atoms with E-state index >= 15 is 0 Å². The van der Waals surface area contributed by atoms with Crippen LogP contribution in [0.3, 0.4) is 0 Å². The fraction of sp³-hybridized carbons (Fsp3) is 0.231. The van der Waals surface area contributed by atoms with Crippen LogP contribution >= 0.6 is 15.9 Å². The van der Waals surface area contributed by atoms with Crippen molar-refractivity contribution in [1.29, 1.82) is 0 Å². The normalized spacial score (nSPS) is 10.6. The largest absolute Gasteiger partial charge is 0.437 e. The van der Waals surface area contributed by atoms with E-state index in [0.717, 1.165) is 11.3 Å². The van der Waals surface area contributed by atoms with Gasteiger partial charge in [-0.25, -0.2) is 15.8 Å². The molecule has 0 saturated heterocycles. The highest BCUT2D eigenvalue weighted by molar-refractivity contribution is 9.10. The van der Waals surface area contributed by atoms with Gasteiger partial charge in [-0.05, 0) is 33.5 Å². The quantitative estimate of drug-likeness (QED) is 0.666. The van der Waals surface area contributed by atoms with Crippen LogP contribution in [-0.4, -0.2) is 9.97 Å². The predicted octanol–water partition coefficient (Wildman–Crippen LogP) is 3.44. The van der Waals surface area contributed by atoms with Gasteiger partial charge in [0.05, 0.1) is 0 Å². The minimum absolute atomic E-state index is 0.365. The van der Waals surface area contributed by atoms with Gasteiger partial charge in [-0.2, -0.15) is 0 Å². The van der Waals surface area contributed by atoms with Crippen LogP contribution in [-0.2, 0) is 0 Å². The number of nitrogens with two attached hydrogens (primary N) is 1. The van der Waals surface area contributed by atoms with Crippen LogP contribution in [0.2, 0.25) is 0 Å². The number of hydrogen-bond donors (Lipinski definition) is 2. The van der Waals surface area contributed by atoms with Gasteiger partial charge in [0.2, 0.25) is 5.88 Å². The highest BCUT2D eigenvalue weighted by Crippen LogP contribution is 2.34. The lowest BCUT2D eigenvalue weighted by atomic mass is 10.0. The van der Waals surface area contributed by atoms with E-state index in [1.807, 2.05) is 24.3 Å². The van der Waals surface area contributed by atoms with E-state index in [9.17, 15) is 0 Å². The van der Waals surface area contributed by atoms with Gasteiger partial charge < -0.3 is 10.2 Å². The van der Waals surface area contributed by atoms with E-state index in [0.29, 0.717) is 22.1 Å². The zero-order chi connectivity index (χ0) is 13.8. The van der Waals surface area contributed by atoms with Crippen LogP contribution in [0.5, 0.6) is 11.6 Å². The number of hydrogen-bond acceptors (Lipinski definition) is 5. The molecular weight excluding hydrogens is 308 g/mol. The van der Waals surface area contributed by atoms with Crippen molar-refractivity contribution >= 4 is 21.7 Å². The summed E-state index contributed by atoms with van der Waals surface area (Å²) in [6.45, 7) is 4.23. The van der Waals surface area contributed by atoms with Crippen molar-refractivity contribution in [3.05, 3.63) is 40.6 Å². The Labute approximate surface area is 120 Å². The number of nitrogen functional groups attached to an aromatic ring is 1. The summed E-state index contributed by atoms with van der Waals surface area (Å²) in [6.07, 6.45) is 1.40. The van der Waals surface area contributed by atoms with Crippen LogP contribution < -0.4 is 16.0 Å². The molecule has 5 nitrogen and oxygen atoms in total. The first kappa shape index (κ1) is 13.8. The molecule has 6 heteroatoms. The van der Waals surface area contributed by atoms with Crippen molar-refractivity contribution in [1.82, 2.24) is 9.97 Å². The summed E-state index contributed by atoms with van der Waals surface area (Å²) in [4.78, 5) is 8.09. The zero-order valence-electron chi connectivity index (χ0n) is 10.7. The molecule has 0 saturated carbocycles. The van der Waals surface area contributed by atoms with Crippen LogP contribution in [0.25, 0.3) is 0 Å². The van der Waals surface area contributed by atoms with E-state index in [4.69, 9.17) is 10.6 Å². The number of anilines is 1. The summed E-state index contributed by atoms with van der Waals surface area (Å²) in [7, 11) is 0. The van der Waals surface area contributed by atoms with Gasteiger partial charge >= 0.3 is 0 Å². The van der Waals surface area contributed by atoms with Crippen molar-refractivity contribution in [2.24, 2.45) is 5.84 Å². The van der Waals surface area contributed by atoms with Gasteiger partial charge in [-0.15, -0.1) is 0 Å². The number of benzene rings is 1. The second kappa shape index (κ2) is 5.99. The zero-order valence-corrected chi connectivity index (χ0v) is 12.3. The summed E-state index contributed by atoms with van der Waals surface area (Å²) >= 11 is 3.37. The third-order valence-electron chi connectivity index (χ3n) is 2.64. The first-order valence-corrected chi connectivity index (χ1v) is 6.66. The minimum atomic E-state index is 0.365. The molecule has 0 amide bonds. The molecule has 2 aromatic rings. The monoisotopic (exact) mass is 322 g/mol. The van der Waals surface area contributed by atoms with Gasteiger partial charge in [0.25, 0.3) is 0 Å². The molecule has 100 valence electrons. The number of rotatable bonds is 4. The van der Waals surface area contributed by atoms with Crippen LogP contribution in [0.15, 0.2) is 35.1 Å². The summed E-state index contributed by atoms with van der Waals surface area (Å²) in [5.74, 6) is 7.41. The molecule has 0 aliphatic heterocycles. The Balaban J connectivity index is 2.37. The van der Waals surface area contributed by atoms with Gasteiger partial charge in [0.1, 0.15) is 16.5 Å². The van der Waals surface area contributed by atoms with Gasteiger partial charge in [-0.1, -0.05) is 32.0 Å². The summed E-state index contributed by atoms with van der Waals surface area (Å²) in [5.41, 5.74) is 3.60. The third kappa shape index (κ3) is 3.02. The lowest BCUT2D eigenvalue weighted by Gasteiger charge is -2.14. The SMILES string of the molecule is CC(C)c1ccccc1Oc1ncnc(NN)c1Br. The predicted molar refractivity (Wildman–Crippen MR) is 78.1 cm³/mol. The molecule has 1 aromatic heterocycles. The Bertz CT molecular complexity index is 574. The van der Waals surface area contributed by atoms with Crippen LogP contribution in [0.4, 0.5) is 5.82 Å². The van der Waals surface area contributed by atoms with Gasteiger partial charge in [-0.3, -0.25) is 0 Å². The van der Waals surface area contributed by atoms with E-state index in [1.54, 1.807) is 0 Å². The second-order valence-electron chi connectivity index (χ2n) is 4.28. The molecule has 0 aliphatic carbocycles. The average molecular weight is 323 g/mol. The number of aromatic nitrogens is 2. The number of nitrogens with zero attached hydrogens (tertiary/aromatic N) is 2. The molecule has 3 N–H and O–H groups in total. The lowest BCUT2D eigenvalue weighted by molar-refractivity contribution is 0.450. The van der Waals surface area contributed by atoms with Crippen molar-refractivity contribution in [3.63, 3.8) is 0 Å². The topological polar surface area (TPSA) is 73.1 Å². The van der Waals surface area contributed by atoms with Crippen LogP contribution in [0.1, 0.15) is 25.3 Å². The highest BCUT2D eigenvalue weighted by Gasteiger charge is 2.13. The molecule has 0 radical (unpaired) electrons. The molecule has 1 aromatic carbocycles. The Morgan fingerprint density at radius 2 is 2.00 bits per heavy atom. The first-order chi connectivity index (χ1) is 9.13. The molecule has 0 spiro atoms. The Morgan fingerprint density at radius 3 is 2.68 bits per heavy atom. The number of hydrazine groups is 1. The maximum Gasteiger partial charge on any atom is 0.238 e. The molecule has 1 heterocycles. The molecule has 0 atom stereocenters. The Hall–Kier alpha value is -1.66. The van der Waals surface area contributed by atoms with E-state index in [2.05, 4.69) is 45.2 Å². The standard InChI is InChI=1S/C13H15BrN4O/c1-8(2)9-5-3-4-6-10(9)19-13-11(14)12(18-15)16-7-17-13/h3-8H,15H2,1-2H3,(H,16,17,18). The van der Waals surface area contributed by atoms with Crippen LogP contribution in [0, 0.1) is 0 Å². The molecule has 2 rings (SSSR count).